The quantitative estimate of drug-likeness (QED) is 0.582. The van der Waals surface area contributed by atoms with Crippen molar-refractivity contribution in [1.29, 1.82) is 0 Å². The highest BCUT2D eigenvalue weighted by molar-refractivity contribution is 8.01. The molecule has 3 rings (SSSR count). The molecule has 1 heterocycles. The Morgan fingerprint density at radius 2 is 1.71 bits per heavy atom. The van der Waals surface area contributed by atoms with Crippen molar-refractivity contribution in [2.45, 2.75) is 41.7 Å². The molecular formula is C21H23N3O5S2. The molecule has 31 heavy (non-hydrogen) atoms. The average molecular weight is 462 g/mol. The van der Waals surface area contributed by atoms with E-state index in [1.54, 1.807) is 30.3 Å². The standard InChI is InChI=1S/C21H23N3O5S2/c1-3-18-21(27)24-17-12-16(8-9-19(17)30-18)31(28,29)11-10-20(26)23-15-6-4-14(5-7-15)22-13(2)25/h4-9,12,18H,3,10-11H2,1-2H3,(H,22,25)(H,23,26)(H,24,27)/t18-/m0/s1. The zero-order valence-corrected chi connectivity index (χ0v) is 18.7. The van der Waals surface area contributed by atoms with Crippen molar-refractivity contribution in [2.75, 3.05) is 21.7 Å². The summed E-state index contributed by atoms with van der Waals surface area (Å²) in [4.78, 5) is 36.2. The molecule has 0 spiro atoms. The van der Waals surface area contributed by atoms with Crippen LogP contribution in [0.5, 0.6) is 0 Å². The Kier molecular flexibility index (Phi) is 7.01. The van der Waals surface area contributed by atoms with Crippen LogP contribution in [0.15, 0.2) is 52.3 Å². The van der Waals surface area contributed by atoms with E-state index in [0.29, 0.717) is 23.5 Å². The number of anilines is 3. The van der Waals surface area contributed by atoms with Gasteiger partial charge in [-0.25, -0.2) is 8.42 Å². The maximum atomic E-state index is 12.7. The molecule has 3 amide bonds. The fraction of sp³-hybridized carbons (Fsp3) is 0.286. The van der Waals surface area contributed by atoms with E-state index >= 15 is 0 Å². The molecule has 0 fully saturated rings. The molecule has 0 aromatic heterocycles. The van der Waals surface area contributed by atoms with Crippen LogP contribution >= 0.6 is 11.8 Å². The van der Waals surface area contributed by atoms with Crippen LogP contribution in [0.2, 0.25) is 0 Å². The summed E-state index contributed by atoms with van der Waals surface area (Å²) < 4.78 is 25.4. The van der Waals surface area contributed by atoms with E-state index in [4.69, 9.17) is 0 Å². The Hall–Kier alpha value is -2.85. The zero-order chi connectivity index (χ0) is 22.6. The Balaban J connectivity index is 1.61. The highest BCUT2D eigenvalue weighted by Crippen LogP contribution is 2.38. The van der Waals surface area contributed by atoms with Crippen molar-refractivity contribution in [2.24, 2.45) is 0 Å². The topological polar surface area (TPSA) is 121 Å². The molecule has 0 aliphatic carbocycles. The van der Waals surface area contributed by atoms with Gasteiger partial charge < -0.3 is 16.0 Å². The van der Waals surface area contributed by atoms with Crippen LogP contribution in [0.4, 0.5) is 17.1 Å². The van der Waals surface area contributed by atoms with E-state index in [0.717, 1.165) is 4.90 Å². The van der Waals surface area contributed by atoms with Gasteiger partial charge in [0.05, 0.1) is 21.6 Å². The van der Waals surface area contributed by atoms with E-state index in [1.165, 1.54) is 30.8 Å². The minimum atomic E-state index is -3.71. The van der Waals surface area contributed by atoms with Crippen LogP contribution in [0.1, 0.15) is 26.7 Å². The lowest BCUT2D eigenvalue weighted by Gasteiger charge is -2.23. The van der Waals surface area contributed by atoms with E-state index in [9.17, 15) is 22.8 Å². The fourth-order valence-corrected chi connectivity index (χ4v) is 5.29. The monoisotopic (exact) mass is 461 g/mol. The SMILES string of the molecule is CC[C@@H]1Sc2ccc(S(=O)(=O)CCC(=O)Nc3ccc(NC(C)=O)cc3)cc2NC1=O. The minimum Gasteiger partial charge on any atom is -0.326 e. The first-order valence-electron chi connectivity index (χ1n) is 9.70. The molecule has 8 nitrogen and oxygen atoms in total. The van der Waals surface area contributed by atoms with Gasteiger partial charge in [-0.15, -0.1) is 11.8 Å². The fourth-order valence-electron chi connectivity index (χ4n) is 3.00. The normalized spacial score (nSPS) is 15.5. The number of sulfone groups is 1. The first kappa shape index (κ1) is 22.8. The summed E-state index contributed by atoms with van der Waals surface area (Å²) in [5, 5.41) is 7.83. The smallest absolute Gasteiger partial charge is 0.237 e. The summed E-state index contributed by atoms with van der Waals surface area (Å²) in [5.41, 5.74) is 1.57. The van der Waals surface area contributed by atoms with Gasteiger partial charge in [0.25, 0.3) is 0 Å². The van der Waals surface area contributed by atoms with Crippen LogP contribution in [-0.4, -0.2) is 37.1 Å². The van der Waals surface area contributed by atoms with Gasteiger partial charge in [-0.05, 0) is 48.9 Å². The molecule has 1 atom stereocenters. The van der Waals surface area contributed by atoms with Gasteiger partial charge in [-0.3, -0.25) is 14.4 Å². The number of nitrogens with one attached hydrogen (secondary N) is 3. The number of carbonyl (C=O) groups excluding carboxylic acids is 3. The third kappa shape index (κ3) is 5.86. The van der Waals surface area contributed by atoms with Crippen molar-refractivity contribution in [3.63, 3.8) is 0 Å². The molecule has 2 aromatic carbocycles. The summed E-state index contributed by atoms with van der Waals surface area (Å²) in [6, 6.07) is 11.1. The summed E-state index contributed by atoms with van der Waals surface area (Å²) in [6.07, 6.45) is 0.465. The van der Waals surface area contributed by atoms with E-state index in [1.807, 2.05) is 6.92 Å². The lowest BCUT2D eigenvalue weighted by molar-refractivity contribution is -0.116. The largest absolute Gasteiger partial charge is 0.326 e. The third-order valence-corrected chi connectivity index (χ3v) is 7.74. The summed E-state index contributed by atoms with van der Waals surface area (Å²) in [6.45, 7) is 3.32. The number of fused-ring (bicyclic) bond motifs is 1. The zero-order valence-electron chi connectivity index (χ0n) is 17.1. The lowest BCUT2D eigenvalue weighted by Crippen LogP contribution is -2.28. The average Bonchev–Trinajstić information content (AvgIpc) is 2.72. The number of amides is 3. The first-order valence-corrected chi connectivity index (χ1v) is 12.2. The Bertz CT molecular complexity index is 1110. The highest BCUT2D eigenvalue weighted by atomic mass is 32.2. The van der Waals surface area contributed by atoms with Crippen LogP contribution in [0.25, 0.3) is 0 Å². The predicted molar refractivity (Wildman–Crippen MR) is 121 cm³/mol. The van der Waals surface area contributed by atoms with Crippen molar-refractivity contribution >= 4 is 56.4 Å². The number of rotatable bonds is 7. The van der Waals surface area contributed by atoms with Crippen LogP contribution in [-0.2, 0) is 24.2 Å². The highest BCUT2D eigenvalue weighted by Gasteiger charge is 2.27. The van der Waals surface area contributed by atoms with Gasteiger partial charge in [-0.1, -0.05) is 6.92 Å². The molecule has 0 bridgehead atoms. The van der Waals surface area contributed by atoms with Gasteiger partial charge in [0.1, 0.15) is 0 Å². The number of carbonyl (C=O) groups is 3. The molecule has 164 valence electrons. The van der Waals surface area contributed by atoms with Gasteiger partial charge in [-0.2, -0.15) is 0 Å². The number of hydrogen-bond donors (Lipinski definition) is 3. The second-order valence-electron chi connectivity index (χ2n) is 7.04. The first-order chi connectivity index (χ1) is 14.7. The molecule has 0 radical (unpaired) electrons. The van der Waals surface area contributed by atoms with Gasteiger partial charge in [0, 0.05) is 29.6 Å². The van der Waals surface area contributed by atoms with Crippen LogP contribution in [0.3, 0.4) is 0 Å². The van der Waals surface area contributed by atoms with Crippen molar-refractivity contribution in [3.8, 4) is 0 Å². The molecule has 1 aliphatic rings. The predicted octanol–water partition coefficient (Wildman–Crippen LogP) is 3.27. The third-order valence-electron chi connectivity index (χ3n) is 4.59. The minimum absolute atomic E-state index is 0.0644. The Morgan fingerprint density at radius 1 is 1.06 bits per heavy atom. The second kappa shape index (κ2) is 9.52. The molecule has 0 saturated carbocycles. The summed E-state index contributed by atoms with van der Waals surface area (Å²) >= 11 is 1.41. The van der Waals surface area contributed by atoms with E-state index in [-0.39, 0.29) is 34.1 Å². The van der Waals surface area contributed by atoms with Gasteiger partial charge in [0.2, 0.25) is 17.7 Å². The van der Waals surface area contributed by atoms with Crippen molar-refractivity contribution < 1.29 is 22.8 Å². The molecule has 0 saturated heterocycles. The number of thioether (sulfide) groups is 1. The van der Waals surface area contributed by atoms with Crippen LogP contribution < -0.4 is 16.0 Å². The maximum Gasteiger partial charge on any atom is 0.237 e. The van der Waals surface area contributed by atoms with Crippen molar-refractivity contribution in [1.82, 2.24) is 0 Å². The lowest BCUT2D eigenvalue weighted by atomic mass is 10.2. The summed E-state index contributed by atoms with van der Waals surface area (Å²) in [5.74, 6) is -1.14. The molecule has 1 aliphatic heterocycles. The Labute approximate surface area is 185 Å². The van der Waals surface area contributed by atoms with Gasteiger partial charge in [0.15, 0.2) is 9.84 Å². The molecule has 0 unspecified atom stereocenters. The van der Waals surface area contributed by atoms with E-state index in [2.05, 4.69) is 16.0 Å². The van der Waals surface area contributed by atoms with Crippen LogP contribution in [0, 0.1) is 0 Å². The maximum absolute atomic E-state index is 12.7. The molecular weight excluding hydrogens is 438 g/mol. The second-order valence-corrected chi connectivity index (χ2v) is 10.4. The summed E-state index contributed by atoms with van der Waals surface area (Å²) in [7, 11) is -3.71. The molecule has 2 aromatic rings. The molecule has 10 heteroatoms. The van der Waals surface area contributed by atoms with Gasteiger partial charge >= 0.3 is 0 Å². The Morgan fingerprint density at radius 3 is 2.32 bits per heavy atom. The number of hydrogen-bond acceptors (Lipinski definition) is 6. The van der Waals surface area contributed by atoms with Crippen molar-refractivity contribution in [3.05, 3.63) is 42.5 Å². The van der Waals surface area contributed by atoms with E-state index < -0.39 is 15.7 Å². The number of benzene rings is 2. The molecule has 3 N–H and O–H groups in total.